The third-order valence-electron chi connectivity index (χ3n) is 6.01. The van der Waals surface area contributed by atoms with E-state index in [1.165, 1.54) is 23.5 Å². The van der Waals surface area contributed by atoms with Gasteiger partial charge in [-0.05, 0) is 49.2 Å². The predicted molar refractivity (Wildman–Crippen MR) is 130 cm³/mol. The summed E-state index contributed by atoms with van der Waals surface area (Å²) in [4.78, 5) is 29.9. The molecule has 2 amide bonds. The normalized spacial score (nSPS) is 14.9. The van der Waals surface area contributed by atoms with Crippen molar-refractivity contribution in [2.45, 2.75) is 25.7 Å². The molecule has 1 aliphatic rings. The lowest BCUT2D eigenvalue weighted by Gasteiger charge is -2.33. The first-order valence-corrected chi connectivity index (χ1v) is 12.3. The molecular formula is C24H27N5O4S. The van der Waals surface area contributed by atoms with Crippen molar-refractivity contribution in [3.8, 4) is 0 Å². The minimum Gasteiger partial charge on any atom is -0.365 e. The van der Waals surface area contributed by atoms with E-state index in [4.69, 9.17) is 5.73 Å². The van der Waals surface area contributed by atoms with Gasteiger partial charge in [0.15, 0.2) is 0 Å². The molecule has 0 radical (unpaired) electrons. The second kappa shape index (κ2) is 9.03. The van der Waals surface area contributed by atoms with Crippen LogP contribution in [0, 0.1) is 13.8 Å². The third-order valence-corrected chi connectivity index (χ3v) is 7.89. The number of nitrogens with one attached hydrogen (secondary N) is 1. The van der Waals surface area contributed by atoms with Crippen LogP contribution >= 0.6 is 0 Å². The van der Waals surface area contributed by atoms with Gasteiger partial charge in [-0.25, -0.2) is 8.42 Å². The highest BCUT2D eigenvalue weighted by Gasteiger charge is 2.30. The summed E-state index contributed by atoms with van der Waals surface area (Å²) in [6, 6.07) is 10.7. The minimum atomic E-state index is -3.83. The molecule has 1 aromatic heterocycles. The number of carbonyl (C=O) groups excluding carboxylic acids is 2. The molecule has 10 heteroatoms. The van der Waals surface area contributed by atoms with Gasteiger partial charge in [0.05, 0.1) is 21.7 Å². The Labute approximate surface area is 198 Å². The van der Waals surface area contributed by atoms with Crippen molar-refractivity contribution in [2.24, 2.45) is 5.73 Å². The topological polar surface area (TPSA) is 126 Å². The first-order valence-electron chi connectivity index (χ1n) is 10.9. The van der Waals surface area contributed by atoms with Gasteiger partial charge in [-0.2, -0.15) is 4.31 Å². The lowest BCUT2D eigenvalue weighted by Crippen LogP contribution is -2.49. The van der Waals surface area contributed by atoms with E-state index in [1.54, 1.807) is 17.9 Å². The Morgan fingerprint density at radius 1 is 1.06 bits per heavy atom. The van der Waals surface area contributed by atoms with Crippen LogP contribution in [-0.2, 0) is 14.8 Å². The van der Waals surface area contributed by atoms with Gasteiger partial charge in [-0.15, -0.1) is 0 Å². The quantitative estimate of drug-likeness (QED) is 0.577. The molecule has 1 fully saturated rings. The number of benzene rings is 2. The Kier molecular flexibility index (Phi) is 6.28. The molecule has 4 rings (SSSR count). The molecule has 2 heterocycles. The summed E-state index contributed by atoms with van der Waals surface area (Å²) in [5.41, 5.74) is 9.18. The number of carbonyl (C=O) groups is 2. The molecule has 1 saturated heterocycles. The van der Waals surface area contributed by atoms with Gasteiger partial charge in [0.1, 0.15) is 0 Å². The van der Waals surface area contributed by atoms with Gasteiger partial charge in [0.2, 0.25) is 15.9 Å². The Morgan fingerprint density at radius 3 is 2.38 bits per heavy atom. The Bertz CT molecular complexity index is 1400. The number of hydrogen-bond acceptors (Lipinski definition) is 6. The van der Waals surface area contributed by atoms with Crippen molar-refractivity contribution in [1.82, 2.24) is 14.2 Å². The fourth-order valence-electron chi connectivity index (χ4n) is 4.18. The summed E-state index contributed by atoms with van der Waals surface area (Å²) in [5.74, 6) is -0.744. The van der Waals surface area contributed by atoms with Crippen LogP contribution in [0.4, 0.5) is 11.4 Å². The molecule has 0 spiro atoms. The second-order valence-corrected chi connectivity index (χ2v) is 10.4. The number of primary amides is 1. The third kappa shape index (κ3) is 4.46. The van der Waals surface area contributed by atoms with E-state index in [9.17, 15) is 18.0 Å². The molecule has 9 nitrogen and oxygen atoms in total. The maximum Gasteiger partial charge on any atom is 0.252 e. The highest BCUT2D eigenvalue weighted by atomic mass is 32.2. The van der Waals surface area contributed by atoms with E-state index in [2.05, 4.69) is 10.3 Å². The van der Waals surface area contributed by atoms with Gasteiger partial charge in [0, 0.05) is 50.4 Å². The maximum absolute atomic E-state index is 13.5. The van der Waals surface area contributed by atoms with Gasteiger partial charge in [-0.3, -0.25) is 14.6 Å². The Hall–Kier alpha value is -3.50. The number of anilines is 2. The molecule has 1 aliphatic heterocycles. The fourth-order valence-corrected chi connectivity index (χ4v) is 5.71. The van der Waals surface area contributed by atoms with E-state index >= 15 is 0 Å². The van der Waals surface area contributed by atoms with Crippen molar-refractivity contribution in [3.63, 3.8) is 0 Å². The highest BCUT2D eigenvalue weighted by molar-refractivity contribution is 7.89. The average molecular weight is 482 g/mol. The molecule has 178 valence electrons. The first kappa shape index (κ1) is 23.7. The van der Waals surface area contributed by atoms with Crippen LogP contribution in [0.2, 0.25) is 0 Å². The minimum absolute atomic E-state index is 0.0736. The zero-order valence-electron chi connectivity index (χ0n) is 19.3. The number of aryl methyl sites for hydroxylation is 2. The number of hydrogen-bond donors (Lipinski definition) is 2. The van der Waals surface area contributed by atoms with E-state index in [1.807, 2.05) is 31.2 Å². The summed E-state index contributed by atoms with van der Waals surface area (Å²) in [7, 11) is -3.83. The van der Waals surface area contributed by atoms with E-state index in [0.717, 1.165) is 11.3 Å². The summed E-state index contributed by atoms with van der Waals surface area (Å²) >= 11 is 0. The number of pyridine rings is 1. The van der Waals surface area contributed by atoms with Crippen LogP contribution in [-0.4, -0.2) is 60.6 Å². The molecular weight excluding hydrogens is 454 g/mol. The predicted octanol–water partition coefficient (Wildman–Crippen LogP) is 2.55. The molecule has 0 atom stereocenters. The number of nitrogens with two attached hydrogens (primary N) is 1. The van der Waals surface area contributed by atoms with E-state index in [0.29, 0.717) is 35.2 Å². The van der Waals surface area contributed by atoms with Crippen LogP contribution in [0.1, 0.15) is 28.4 Å². The van der Waals surface area contributed by atoms with E-state index in [-0.39, 0.29) is 29.5 Å². The number of amides is 2. The standard InChI is InChI=1S/C24H27N5O4S/c1-15-5-4-6-18(11-15)27-23-20-13-19(12-16(2)22(20)26-14-21(23)24(25)31)34(32,33)29-9-7-28(8-10-29)17(3)30/h4-6,11-14H,7-10H2,1-3H3,(H2,25,31)(H,26,27). The van der Waals surface area contributed by atoms with Gasteiger partial charge in [0.25, 0.3) is 5.91 Å². The zero-order valence-corrected chi connectivity index (χ0v) is 20.1. The molecule has 34 heavy (non-hydrogen) atoms. The summed E-state index contributed by atoms with van der Waals surface area (Å²) < 4.78 is 28.3. The van der Waals surface area contributed by atoms with Crippen molar-refractivity contribution in [1.29, 1.82) is 0 Å². The maximum atomic E-state index is 13.5. The summed E-state index contributed by atoms with van der Waals surface area (Å²) in [5, 5.41) is 3.73. The molecule has 0 unspecified atom stereocenters. The van der Waals surface area contributed by atoms with E-state index < -0.39 is 15.9 Å². The average Bonchev–Trinajstić information content (AvgIpc) is 2.79. The number of rotatable bonds is 5. The smallest absolute Gasteiger partial charge is 0.252 e. The molecule has 2 aromatic carbocycles. The Morgan fingerprint density at radius 2 is 1.76 bits per heavy atom. The molecule has 0 aliphatic carbocycles. The van der Waals surface area contributed by atoms with Crippen molar-refractivity contribution in [2.75, 3.05) is 31.5 Å². The lowest BCUT2D eigenvalue weighted by atomic mass is 10.0. The first-order chi connectivity index (χ1) is 16.1. The number of fused-ring (bicyclic) bond motifs is 1. The summed E-state index contributed by atoms with van der Waals surface area (Å²) in [6.45, 7) is 6.32. The van der Waals surface area contributed by atoms with Crippen LogP contribution in [0.25, 0.3) is 10.9 Å². The molecule has 0 saturated carbocycles. The van der Waals surface area contributed by atoms with Gasteiger partial charge >= 0.3 is 0 Å². The lowest BCUT2D eigenvalue weighted by molar-refractivity contribution is -0.129. The van der Waals surface area contributed by atoms with Crippen molar-refractivity contribution >= 4 is 44.1 Å². The van der Waals surface area contributed by atoms with Crippen LogP contribution in [0.15, 0.2) is 47.5 Å². The molecule has 3 N–H and O–H groups in total. The Balaban J connectivity index is 1.82. The molecule has 0 bridgehead atoms. The van der Waals surface area contributed by atoms with Crippen LogP contribution in [0.3, 0.4) is 0 Å². The number of aromatic nitrogens is 1. The van der Waals surface area contributed by atoms with Gasteiger partial charge in [-0.1, -0.05) is 12.1 Å². The monoisotopic (exact) mass is 481 g/mol. The van der Waals surface area contributed by atoms with Crippen LogP contribution < -0.4 is 11.1 Å². The number of sulfonamides is 1. The summed E-state index contributed by atoms with van der Waals surface area (Å²) in [6.07, 6.45) is 1.41. The number of nitrogens with zero attached hydrogens (tertiary/aromatic N) is 3. The highest BCUT2D eigenvalue weighted by Crippen LogP contribution is 2.33. The van der Waals surface area contributed by atoms with Gasteiger partial charge < -0.3 is 16.0 Å². The number of piperazine rings is 1. The SMILES string of the molecule is CC(=O)N1CCN(S(=O)(=O)c2cc(C)c3ncc(C(N)=O)c(Nc4cccc(C)c4)c3c2)CC1. The second-order valence-electron chi connectivity index (χ2n) is 8.45. The van der Waals surface area contributed by atoms with Crippen molar-refractivity contribution < 1.29 is 18.0 Å². The molecule has 3 aromatic rings. The van der Waals surface area contributed by atoms with Crippen molar-refractivity contribution in [3.05, 3.63) is 59.3 Å². The van der Waals surface area contributed by atoms with Crippen LogP contribution in [0.5, 0.6) is 0 Å². The zero-order chi connectivity index (χ0) is 24.6. The fraction of sp³-hybridized carbons (Fsp3) is 0.292. The largest absolute Gasteiger partial charge is 0.365 e.